The first-order valence-electron chi connectivity index (χ1n) is 9.55. The zero-order valence-electron chi connectivity index (χ0n) is 15.7. The van der Waals surface area contributed by atoms with Crippen LogP contribution in [0.15, 0.2) is 41.1 Å². The highest BCUT2D eigenvalue weighted by Gasteiger charge is 2.39. The molecule has 2 fully saturated rings. The lowest BCUT2D eigenvalue weighted by Gasteiger charge is -2.36. The molecule has 1 aliphatic carbocycles. The summed E-state index contributed by atoms with van der Waals surface area (Å²) in [6.45, 7) is 2.07. The van der Waals surface area contributed by atoms with Gasteiger partial charge in [0.25, 0.3) is 5.91 Å². The quantitative estimate of drug-likeness (QED) is 0.730. The molecule has 3 aromatic rings. The molecule has 3 heterocycles. The van der Waals surface area contributed by atoms with Crippen molar-refractivity contribution in [1.82, 2.24) is 25.1 Å². The third kappa shape index (κ3) is 2.80. The molecule has 1 amide bonds. The molecule has 0 spiro atoms. The molecule has 1 aliphatic heterocycles. The van der Waals surface area contributed by atoms with E-state index < -0.39 is 5.91 Å². The number of primary amides is 1. The van der Waals surface area contributed by atoms with Crippen molar-refractivity contribution in [2.45, 2.75) is 30.7 Å². The number of hydrogen-bond donors (Lipinski definition) is 1. The summed E-state index contributed by atoms with van der Waals surface area (Å²) in [4.78, 5) is 14.1. The Bertz CT molecular complexity index is 999. The number of carbonyl (C=O) groups excluding carboxylic acids is 1. The zero-order chi connectivity index (χ0) is 19.3. The van der Waals surface area contributed by atoms with Gasteiger partial charge < -0.3 is 15.2 Å². The highest BCUT2D eigenvalue weighted by molar-refractivity contribution is 5.93. The molecule has 28 heavy (non-hydrogen) atoms. The van der Waals surface area contributed by atoms with E-state index in [-0.39, 0.29) is 17.7 Å². The number of likely N-dealkylation sites (tertiary alicyclic amines) is 1. The van der Waals surface area contributed by atoms with E-state index in [1.165, 1.54) is 0 Å². The normalized spacial score (nSPS) is 22.6. The monoisotopic (exact) mass is 378 g/mol. The van der Waals surface area contributed by atoms with Crippen LogP contribution in [0.5, 0.6) is 0 Å². The van der Waals surface area contributed by atoms with Gasteiger partial charge in [-0.1, -0.05) is 40.7 Å². The van der Waals surface area contributed by atoms with Crippen LogP contribution >= 0.6 is 0 Å². The fraction of sp³-hybridized carbons (Fsp3) is 0.400. The highest BCUT2D eigenvalue weighted by Crippen LogP contribution is 2.48. The van der Waals surface area contributed by atoms with Crippen LogP contribution in [0.4, 0.5) is 0 Å². The van der Waals surface area contributed by atoms with Crippen LogP contribution in [0.2, 0.25) is 0 Å². The molecule has 1 saturated heterocycles. The van der Waals surface area contributed by atoms with Crippen molar-refractivity contribution in [2.24, 2.45) is 5.73 Å². The van der Waals surface area contributed by atoms with Gasteiger partial charge in [0.15, 0.2) is 0 Å². The molecule has 1 saturated carbocycles. The molecule has 8 heteroatoms. The molecule has 144 valence electrons. The fourth-order valence-electron chi connectivity index (χ4n) is 4.24. The summed E-state index contributed by atoms with van der Waals surface area (Å²) in [7, 11) is 2.11. The van der Waals surface area contributed by atoms with E-state index in [1.807, 2.05) is 35.0 Å². The molecule has 0 unspecified atom stereocenters. The van der Waals surface area contributed by atoms with Crippen molar-refractivity contribution in [2.75, 3.05) is 20.1 Å². The minimum Gasteiger partial charge on any atom is -0.363 e. The van der Waals surface area contributed by atoms with Gasteiger partial charge in [0, 0.05) is 36.3 Å². The number of aromatic nitrogens is 4. The van der Waals surface area contributed by atoms with E-state index in [0.29, 0.717) is 11.6 Å². The summed E-state index contributed by atoms with van der Waals surface area (Å²) in [6.07, 6.45) is 3.78. The molecule has 8 nitrogen and oxygen atoms in total. The Balaban J connectivity index is 1.36. The van der Waals surface area contributed by atoms with Crippen LogP contribution in [0, 0.1) is 0 Å². The molecule has 1 aromatic carbocycles. The van der Waals surface area contributed by atoms with Gasteiger partial charge in [-0.25, -0.2) is 4.68 Å². The van der Waals surface area contributed by atoms with Gasteiger partial charge in [-0.15, -0.1) is 5.10 Å². The second kappa shape index (κ2) is 6.56. The van der Waals surface area contributed by atoms with Crippen molar-refractivity contribution in [1.29, 1.82) is 0 Å². The lowest BCUT2D eigenvalue weighted by atomic mass is 9.74. The fourth-order valence-corrected chi connectivity index (χ4v) is 4.24. The molecular weight excluding hydrogens is 356 g/mol. The number of amides is 1. The number of rotatable bonds is 5. The number of carbonyl (C=O) groups is 1. The Morgan fingerprint density at radius 2 is 1.93 bits per heavy atom. The van der Waals surface area contributed by atoms with Gasteiger partial charge in [0.1, 0.15) is 5.69 Å². The summed E-state index contributed by atoms with van der Waals surface area (Å²) >= 11 is 0. The molecule has 2 aliphatic rings. The van der Waals surface area contributed by atoms with Crippen molar-refractivity contribution >= 4 is 5.91 Å². The minimum absolute atomic E-state index is 0.163. The Morgan fingerprint density at radius 1 is 1.18 bits per heavy atom. The van der Waals surface area contributed by atoms with Gasteiger partial charge in [-0.3, -0.25) is 4.79 Å². The van der Waals surface area contributed by atoms with Gasteiger partial charge in [0.2, 0.25) is 5.76 Å². The summed E-state index contributed by atoms with van der Waals surface area (Å²) in [5.41, 5.74) is 9.04. The predicted octanol–water partition coefficient (Wildman–Crippen LogP) is 2.18. The maximum absolute atomic E-state index is 11.9. The van der Waals surface area contributed by atoms with Gasteiger partial charge in [-0.2, -0.15) is 0 Å². The number of nitrogens with two attached hydrogens (primary N) is 1. The second-order valence-corrected chi connectivity index (χ2v) is 7.87. The zero-order valence-corrected chi connectivity index (χ0v) is 15.7. The third-order valence-electron chi connectivity index (χ3n) is 5.90. The first-order chi connectivity index (χ1) is 13.6. The topological polar surface area (TPSA) is 103 Å². The van der Waals surface area contributed by atoms with E-state index in [2.05, 4.69) is 33.6 Å². The molecule has 5 rings (SSSR count). The highest BCUT2D eigenvalue weighted by atomic mass is 16.5. The predicted molar refractivity (Wildman–Crippen MR) is 102 cm³/mol. The average molecular weight is 378 g/mol. The maximum Gasteiger partial charge on any atom is 0.287 e. The number of nitrogens with zero attached hydrogens (tertiary/aromatic N) is 5. The van der Waals surface area contributed by atoms with Crippen molar-refractivity contribution < 1.29 is 9.32 Å². The Morgan fingerprint density at radius 3 is 2.61 bits per heavy atom. The first kappa shape index (κ1) is 17.1. The molecule has 2 aromatic heterocycles. The van der Waals surface area contributed by atoms with Crippen LogP contribution in [0.1, 0.15) is 52.5 Å². The van der Waals surface area contributed by atoms with Crippen molar-refractivity contribution in [3.8, 4) is 11.3 Å². The maximum atomic E-state index is 11.9. The smallest absolute Gasteiger partial charge is 0.287 e. The number of benzene rings is 1. The molecule has 2 N–H and O–H groups in total. The van der Waals surface area contributed by atoms with Crippen molar-refractivity contribution in [3.63, 3.8) is 0 Å². The molecule has 0 bridgehead atoms. The lowest BCUT2D eigenvalue weighted by Crippen LogP contribution is -2.41. The SMILES string of the molecule is CN1CC(c2cn([C@H]3C[C@H](c4c(-c5ccccc5)noc4C(N)=O)C3)nn2)C1. The van der Waals surface area contributed by atoms with Crippen LogP contribution in [0.3, 0.4) is 0 Å². The van der Waals surface area contributed by atoms with Crippen LogP contribution in [0.25, 0.3) is 11.3 Å². The standard InChI is InChI=1S/C20H22N6O2/c1-25-9-14(10-25)16-11-26(24-22-16)15-7-13(8-15)17-18(12-5-3-2-4-6-12)23-28-19(17)20(21)27/h2-6,11,13-15H,7-10H2,1H3,(H2,21,27)/t13-,15-. The van der Waals surface area contributed by atoms with Gasteiger partial charge >= 0.3 is 0 Å². The van der Waals surface area contributed by atoms with Crippen LogP contribution in [-0.2, 0) is 0 Å². The summed E-state index contributed by atoms with van der Waals surface area (Å²) in [5, 5.41) is 12.8. The molecular formula is C20H22N6O2. The van der Waals surface area contributed by atoms with Crippen molar-refractivity contribution in [3.05, 3.63) is 53.5 Å². The van der Waals surface area contributed by atoms with Crippen LogP contribution in [-0.4, -0.2) is 51.1 Å². The number of likely N-dealkylation sites (N-methyl/N-ethyl adjacent to an activating group) is 1. The van der Waals surface area contributed by atoms with E-state index in [0.717, 1.165) is 42.8 Å². The van der Waals surface area contributed by atoms with E-state index in [9.17, 15) is 4.79 Å². The third-order valence-corrected chi connectivity index (χ3v) is 5.90. The largest absolute Gasteiger partial charge is 0.363 e. The Labute approximate surface area is 162 Å². The number of hydrogen-bond acceptors (Lipinski definition) is 6. The molecule has 0 radical (unpaired) electrons. The summed E-state index contributed by atoms with van der Waals surface area (Å²) in [5.74, 6) is 0.236. The molecule has 0 atom stereocenters. The Hall–Kier alpha value is -3.00. The van der Waals surface area contributed by atoms with E-state index in [4.69, 9.17) is 10.3 Å². The van der Waals surface area contributed by atoms with Crippen LogP contribution < -0.4 is 5.73 Å². The summed E-state index contributed by atoms with van der Waals surface area (Å²) in [6, 6.07) is 10.0. The van der Waals surface area contributed by atoms with Gasteiger partial charge in [-0.05, 0) is 25.8 Å². The first-order valence-corrected chi connectivity index (χ1v) is 9.55. The summed E-state index contributed by atoms with van der Waals surface area (Å²) < 4.78 is 7.28. The minimum atomic E-state index is -0.578. The van der Waals surface area contributed by atoms with E-state index >= 15 is 0 Å². The van der Waals surface area contributed by atoms with E-state index in [1.54, 1.807) is 0 Å². The lowest BCUT2D eigenvalue weighted by molar-refractivity contribution is 0.0960. The Kier molecular flexibility index (Phi) is 4.01. The average Bonchev–Trinajstić information content (AvgIpc) is 3.26. The second-order valence-electron chi connectivity index (χ2n) is 7.87. The van der Waals surface area contributed by atoms with Gasteiger partial charge in [0.05, 0.1) is 11.7 Å².